The molecule has 4 aromatic rings. The third-order valence-electron chi connectivity index (χ3n) is 4.10. The van der Waals surface area contributed by atoms with E-state index in [1.807, 2.05) is 0 Å². The van der Waals surface area contributed by atoms with E-state index in [0.717, 1.165) is 18.2 Å². The quantitative estimate of drug-likeness (QED) is 0.496. The Balaban J connectivity index is 2.10. The van der Waals surface area contributed by atoms with E-state index in [2.05, 4.69) is 15.2 Å². The van der Waals surface area contributed by atoms with E-state index >= 15 is 0 Å². The maximum absolute atomic E-state index is 14.7. The first-order chi connectivity index (χ1) is 13.1. The van der Waals surface area contributed by atoms with Gasteiger partial charge in [0.1, 0.15) is 17.3 Å². The largest absolute Gasteiger partial charge is 0.256 e. The molecule has 0 radical (unpaired) electrons. The molecule has 0 bridgehead atoms. The Morgan fingerprint density at radius 2 is 1.48 bits per heavy atom. The van der Waals surface area contributed by atoms with Gasteiger partial charge in [-0.2, -0.15) is 4.39 Å². The number of pyridine rings is 1. The average Bonchev–Trinajstić information content (AvgIpc) is 2.71. The van der Waals surface area contributed by atoms with Crippen LogP contribution in [0.1, 0.15) is 0 Å². The van der Waals surface area contributed by atoms with Gasteiger partial charge in [-0.15, -0.1) is 10.2 Å². The first kappa shape index (κ1) is 16.9. The molecule has 0 unspecified atom stereocenters. The van der Waals surface area contributed by atoms with Crippen molar-refractivity contribution >= 4 is 0 Å². The van der Waals surface area contributed by atoms with Crippen LogP contribution in [0.15, 0.2) is 72.9 Å². The SMILES string of the molecule is Fc1ccc(F)c(-c2nnc(F)c(-c3ccccn3)c2-c2ccccc2)c1. The summed E-state index contributed by atoms with van der Waals surface area (Å²) in [5.41, 5.74) is 1.23. The van der Waals surface area contributed by atoms with Crippen LogP contribution in [0.2, 0.25) is 0 Å². The number of rotatable bonds is 3. The van der Waals surface area contributed by atoms with Crippen molar-refractivity contribution in [3.05, 3.63) is 90.5 Å². The van der Waals surface area contributed by atoms with Gasteiger partial charge >= 0.3 is 0 Å². The molecule has 3 nitrogen and oxygen atoms in total. The third-order valence-corrected chi connectivity index (χ3v) is 4.10. The average molecular weight is 363 g/mol. The Labute approximate surface area is 153 Å². The lowest BCUT2D eigenvalue weighted by Gasteiger charge is -2.15. The molecular weight excluding hydrogens is 351 g/mol. The van der Waals surface area contributed by atoms with Crippen molar-refractivity contribution in [3.8, 4) is 33.6 Å². The second kappa shape index (κ2) is 6.99. The summed E-state index contributed by atoms with van der Waals surface area (Å²) in [6, 6.07) is 16.9. The number of aromatic nitrogens is 3. The summed E-state index contributed by atoms with van der Waals surface area (Å²) in [5.74, 6) is -2.15. The van der Waals surface area contributed by atoms with Crippen LogP contribution in [-0.2, 0) is 0 Å². The molecule has 132 valence electrons. The standard InChI is InChI=1S/C21H12F3N3/c22-14-9-10-16(23)15(12-14)20-18(13-6-2-1-3-7-13)19(21(24)27-26-20)17-8-4-5-11-25-17/h1-12H. The van der Waals surface area contributed by atoms with Crippen LogP contribution in [0, 0.1) is 17.6 Å². The van der Waals surface area contributed by atoms with E-state index in [9.17, 15) is 13.2 Å². The molecule has 0 N–H and O–H groups in total. The molecule has 0 atom stereocenters. The molecule has 2 aromatic heterocycles. The van der Waals surface area contributed by atoms with Crippen molar-refractivity contribution in [2.24, 2.45) is 0 Å². The van der Waals surface area contributed by atoms with E-state index in [0.29, 0.717) is 16.8 Å². The topological polar surface area (TPSA) is 38.7 Å². The highest BCUT2D eigenvalue weighted by Crippen LogP contribution is 2.39. The lowest BCUT2D eigenvalue weighted by atomic mass is 9.93. The minimum atomic E-state index is -0.840. The maximum Gasteiger partial charge on any atom is 0.243 e. The normalized spacial score (nSPS) is 10.8. The van der Waals surface area contributed by atoms with Crippen LogP contribution < -0.4 is 0 Å². The zero-order chi connectivity index (χ0) is 18.8. The van der Waals surface area contributed by atoms with Gasteiger partial charge in [0, 0.05) is 17.3 Å². The fourth-order valence-corrected chi connectivity index (χ4v) is 2.91. The van der Waals surface area contributed by atoms with Gasteiger partial charge in [0.25, 0.3) is 0 Å². The number of nitrogens with zero attached hydrogens (tertiary/aromatic N) is 3. The van der Waals surface area contributed by atoms with Crippen molar-refractivity contribution in [1.82, 2.24) is 15.2 Å². The van der Waals surface area contributed by atoms with Crippen LogP contribution in [0.25, 0.3) is 33.6 Å². The Morgan fingerprint density at radius 1 is 0.704 bits per heavy atom. The Kier molecular flexibility index (Phi) is 4.38. The molecule has 0 aliphatic rings. The van der Waals surface area contributed by atoms with Gasteiger partial charge in [-0.1, -0.05) is 36.4 Å². The highest BCUT2D eigenvalue weighted by molar-refractivity contribution is 5.91. The number of hydrogen-bond donors (Lipinski definition) is 0. The summed E-state index contributed by atoms with van der Waals surface area (Å²) in [6.45, 7) is 0. The Morgan fingerprint density at radius 3 is 2.22 bits per heavy atom. The molecule has 0 saturated carbocycles. The summed E-state index contributed by atoms with van der Waals surface area (Å²) < 4.78 is 42.9. The van der Waals surface area contributed by atoms with E-state index in [4.69, 9.17) is 0 Å². The predicted molar refractivity (Wildman–Crippen MR) is 96.0 cm³/mol. The monoisotopic (exact) mass is 363 g/mol. The molecular formula is C21H12F3N3. The van der Waals surface area contributed by atoms with E-state index < -0.39 is 17.6 Å². The molecule has 27 heavy (non-hydrogen) atoms. The van der Waals surface area contributed by atoms with Crippen LogP contribution in [0.3, 0.4) is 0 Å². The number of halogens is 3. The minimum Gasteiger partial charge on any atom is -0.256 e. The van der Waals surface area contributed by atoms with Gasteiger partial charge in [0.15, 0.2) is 0 Å². The maximum atomic E-state index is 14.7. The van der Waals surface area contributed by atoms with Gasteiger partial charge < -0.3 is 0 Å². The fraction of sp³-hybridized carbons (Fsp3) is 0. The lowest BCUT2D eigenvalue weighted by Crippen LogP contribution is -2.03. The molecule has 6 heteroatoms. The lowest BCUT2D eigenvalue weighted by molar-refractivity contribution is 0.567. The second-order valence-corrected chi connectivity index (χ2v) is 5.79. The zero-order valence-electron chi connectivity index (χ0n) is 13.9. The van der Waals surface area contributed by atoms with Crippen LogP contribution in [-0.4, -0.2) is 15.2 Å². The summed E-state index contributed by atoms with van der Waals surface area (Å²) in [6.07, 6.45) is 1.52. The first-order valence-corrected chi connectivity index (χ1v) is 8.13. The Bertz CT molecular complexity index is 1100. The highest BCUT2D eigenvalue weighted by Gasteiger charge is 2.23. The molecule has 0 aliphatic carbocycles. The molecule has 0 spiro atoms. The predicted octanol–water partition coefficient (Wildman–Crippen LogP) is 5.29. The highest BCUT2D eigenvalue weighted by atomic mass is 19.1. The van der Waals surface area contributed by atoms with E-state index in [1.165, 1.54) is 6.20 Å². The van der Waals surface area contributed by atoms with Gasteiger partial charge in [-0.25, -0.2) is 8.78 Å². The smallest absolute Gasteiger partial charge is 0.243 e. The van der Waals surface area contributed by atoms with Crippen molar-refractivity contribution in [2.45, 2.75) is 0 Å². The number of hydrogen-bond acceptors (Lipinski definition) is 3. The van der Waals surface area contributed by atoms with E-state index in [-0.39, 0.29) is 16.8 Å². The molecule has 0 fully saturated rings. The zero-order valence-corrected chi connectivity index (χ0v) is 13.9. The summed E-state index contributed by atoms with van der Waals surface area (Å²) in [5, 5.41) is 7.40. The van der Waals surface area contributed by atoms with Crippen LogP contribution in [0.4, 0.5) is 13.2 Å². The van der Waals surface area contributed by atoms with E-state index in [1.54, 1.807) is 48.5 Å². The Hall–Kier alpha value is -3.54. The van der Waals surface area contributed by atoms with Gasteiger partial charge in [0.05, 0.1) is 11.3 Å². The fourth-order valence-electron chi connectivity index (χ4n) is 2.91. The molecule has 2 heterocycles. The van der Waals surface area contributed by atoms with Crippen molar-refractivity contribution in [3.63, 3.8) is 0 Å². The third kappa shape index (κ3) is 3.17. The summed E-state index contributed by atoms with van der Waals surface area (Å²) >= 11 is 0. The van der Waals surface area contributed by atoms with Gasteiger partial charge in [-0.05, 0) is 35.9 Å². The van der Waals surface area contributed by atoms with Crippen LogP contribution in [0.5, 0.6) is 0 Å². The molecule has 0 saturated heterocycles. The van der Waals surface area contributed by atoms with Crippen molar-refractivity contribution in [1.29, 1.82) is 0 Å². The van der Waals surface area contributed by atoms with Crippen LogP contribution >= 0.6 is 0 Å². The molecule has 2 aromatic carbocycles. The molecule has 4 rings (SSSR count). The number of benzene rings is 2. The summed E-state index contributed by atoms with van der Waals surface area (Å²) in [7, 11) is 0. The van der Waals surface area contributed by atoms with Crippen molar-refractivity contribution < 1.29 is 13.2 Å². The minimum absolute atomic E-state index is 0.0419. The van der Waals surface area contributed by atoms with Gasteiger partial charge in [-0.3, -0.25) is 4.98 Å². The first-order valence-electron chi connectivity index (χ1n) is 8.13. The molecule has 0 amide bonds. The summed E-state index contributed by atoms with van der Waals surface area (Å²) in [4.78, 5) is 4.20. The molecule has 0 aliphatic heterocycles. The second-order valence-electron chi connectivity index (χ2n) is 5.79. The van der Waals surface area contributed by atoms with Gasteiger partial charge in [0.2, 0.25) is 5.95 Å². The van der Waals surface area contributed by atoms with Crippen molar-refractivity contribution in [2.75, 3.05) is 0 Å².